The predicted molar refractivity (Wildman–Crippen MR) is 96.9 cm³/mol. The minimum absolute atomic E-state index is 0.0312. The van der Waals surface area contributed by atoms with Crippen LogP contribution in [0.3, 0.4) is 0 Å². The van der Waals surface area contributed by atoms with Crippen LogP contribution in [-0.4, -0.2) is 58.2 Å². The third-order valence-electron chi connectivity index (χ3n) is 3.77. The Morgan fingerprint density at radius 2 is 2.00 bits per heavy atom. The van der Waals surface area contributed by atoms with Gasteiger partial charge in [-0.2, -0.15) is 4.31 Å². The van der Waals surface area contributed by atoms with Crippen molar-refractivity contribution in [2.24, 2.45) is 0 Å². The highest BCUT2D eigenvalue weighted by Crippen LogP contribution is 2.24. The van der Waals surface area contributed by atoms with Crippen molar-refractivity contribution in [3.63, 3.8) is 0 Å². The Morgan fingerprint density at radius 1 is 1.32 bits per heavy atom. The topological polar surface area (TPSA) is 101 Å². The van der Waals surface area contributed by atoms with E-state index in [0.717, 1.165) is 4.31 Å². The van der Waals surface area contributed by atoms with Crippen LogP contribution in [0.2, 0.25) is 10.0 Å². The smallest absolute Gasteiger partial charge is 0.235 e. The first-order chi connectivity index (χ1) is 11.5. The number of nitrogens with zero attached hydrogens (tertiary/aromatic N) is 1. The molecule has 1 heterocycles. The Balaban J connectivity index is 1.95. The van der Waals surface area contributed by atoms with Crippen molar-refractivity contribution in [2.75, 3.05) is 25.1 Å². The summed E-state index contributed by atoms with van der Waals surface area (Å²) in [6, 6.07) is 4.03. The summed E-state index contributed by atoms with van der Waals surface area (Å²) in [6.07, 6.45) is 0.341. The zero-order valence-electron chi connectivity index (χ0n) is 13.4. The third kappa shape index (κ3) is 5.82. The molecule has 1 amide bonds. The normalized spacial score (nSPS) is 19.9. The molecule has 0 bridgehead atoms. The maximum Gasteiger partial charge on any atom is 0.235 e. The first kappa shape index (κ1) is 20.4. The second-order valence-electron chi connectivity index (χ2n) is 5.93. The number of rotatable bonds is 6. The van der Waals surface area contributed by atoms with Gasteiger partial charge in [-0.25, -0.2) is 16.8 Å². The summed E-state index contributed by atoms with van der Waals surface area (Å²) in [5.41, 5.74) is 0.448. The second-order valence-corrected chi connectivity index (χ2v) is 11.0. The third-order valence-corrected chi connectivity index (χ3v) is 8.06. The molecule has 1 unspecified atom stereocenters. The number of sulfone groups is 1. The molecule has 1 saturated heterocycles. The molecule has 11 heteroatoms. The summed E-state index contributed by atoms with van der Waals surface area (Å²) in [5, 5.41) is 3.12. The largest absolute Gasteiger partial charge is 0.351 e. The molecule has 0 aromatic heterocycles. The van der Waals surface area contributed by atoms with Crippen molar-refractivity contribution in [3.05, 3.63) is 33.8 Å². The van der Waals surface area contributed by atoms with Crippen molar-refractivity contribution >= 4 is 49.0 Å². The number of amides is 1. The number of halogens is 2. The maximum absolute atomic E-state index is 12.3. The van der Waals surface area contributed by atoms with Crippen molar-refractivity contribution < 1.29 is 21.6 Å². The van der Waals surface area contributed by atoms with E-state index in [0.29, 0.717) is 17.0 Å². The number of likely N-dealkylation sites (N-methyl/N-ethyl adjacent to an activating group) is 1. The van der Waals surface area contributed by atoms with E-state index in [1.54, 1.807) is 6.07 Å². The van der Waals surface area contributed by atoms with E-state index in [1.807, 2.05) is 0 Å². The van der Waals surface area contributed by atoms with Gasteiger partial charge in [-0.05, 0) is 24.1 Å². The van der Waals surface area contributed by atoms with Gasteiger partial charge in [0, 0.05) is 13.1 Å². The predicted octanol–water partition coefficient (Wildman–Crippen LogP) is 1.06. The Labute approximate surface area is 157 Å². The Morgan fingerprint density at radius 3 is 2.56 bits per heavy atom. The molecule has 1 atom stereocenters. The van der Waals surface area contributed by atoms with Gasteiger partial charge in [-0.3, -0.25) is 4.79 Å². The van der Waals surface area contributed by atoms with Gasteiger partial charge in [0.05, 0.1) is 33.8 Å². The lowest BCUT2D eigenvalue weighted by Gasteiger charge is -2.18. The van der Waals surface area contributed by atoms with Gasteiger partial charge in [0.2, 0.25) is 15.9 Å². The summed E-state index contributed by atoms with van der Waals surface area (Å²) < 4.78 is 48.4. The fourth-order valence-electron chi connectivity index (χ4n) is 2.43. The van der Waals surface area contributed by atoms with Gasteiger partial charge in [-0.1, -0.05) is 29.3 Å². The lowest BCUT2D eigenvalue weighted by Crippen LogP contribution is -2.43. The SMILES string of the molecule is CN(CC(=O)NC1CCS(=O)(=O)C1)S(=O)(=O)Cc1ccc(Cl)c(Cl)c1. The van der Waals surface area contributed by atoms with Gasteiger partial charge in [0.25, 0.3) is 0 Å². The van der Waals surface area contributed by atoms with Gasteiger partial charge < -0.3 is 5.32 Å². The zero-order chi connectivity index (χ0) is 18.8. The quantitative estimate of drug-likeness (QED) is 0.729. The van der Waals surface area contributed by atoms with Crippen LogP contribution in [-0.2, 0) is 30.4 Å². The van der Waals surface area contributed by atoms with Crippen LogP contribution in [0.25, 0.3) is 0 Å². The summed E-state index contributed by atoms with van der Waals surface area (Å²) in [6.45, 7) is -0.389. The number of hydrogen-bond donors (Lipinski definition) is 1. The van der Waals surface area contributed by atoms with Gasteiger partial charge in [0.1, 0.15) is 0 Å². The van der Waals surface area contributed by atoms with Crippen LogP contribution in [0.4, 0.5) is 0 Å². The number of carbonyl (C=O) groups is 1. The fraction of sp³-hybridized carbons (Fsp3) is 0.500. The van der Waals surface area contributed by atoms with Crippen molar-refractivity contribution in [1.29, 1.82) is 0 Å². The number of nitrogens with one attached hydrogen (secondary N) is 1. The standard InChI is InChI=1S/C14H18Cl2N2O5S2/c1-18(7-14(19)17-11-4-5-24(20,21)9-11)25(22,23)8-10-2-3-12(15)13(16)6-10/h2-3,6,11H,4-5,7-9H2,1H3,(H,17,19). The van der Waals surface area contributed by atoms with Crippen molar-refractivity contribution in [1.82, 2.24) is 9.62 Å². The Bertz CT molecular complexity index is 871. The van der Waals surface area contributed by atoms with Gasteiger partial charge in [-0.15, -0.1) is 0 Å². The highest BCUT2D eigenvalue weighted by atomic mass is 35.5. The lowest BCUT2D eigenvalue weighted by molar-refractivity contribution is -0.121. The minimum Gasteiger partial charge on any atom is -0.351 e. The number of carbonyl (C=O) groups excluding carboxylic acids is 1. The second kappa shape index (κ2) is 7.79. The molecule has 0 radical (unpaired) electrons. The van der Waals surface area contributed by atoms with Crippen LogP contribution in [0.15, 0.2) is 18.2 Å². The van der Waals surface area contributed by atoms with E-state index in [1.165, 1.54) is 19.2 Å². The van der Waals surface area contributed by atoms with Crippen molar-refractivity contribution in [3.8, 4) is 0 Å². The average Bonchev–Trinajstić information content (AvgIpc) is 2.81. The Kier molecular flexibility index (Phi) is 6.37. The molecular formula is C14H18Cl2N2O5S2. The number of sulfonamides is 1. The summed E-state index contributed by atoms with van der Waals surface area (Å²) in [4.78, 5) is 12.0. The van der Waals surface area contributed by atoms with E-state index in [-0.39, 0.29) is 28.8 Å². The summed E-state index contributed by atoms with van der Waals surface area (Å²) in [7, 11) is -5.57. The van der Waals surface area contributed by atoms with Gasteiger partial charge >= 0.3 is 0 Å². The average molecular weight is 429 g/mol. The van der Waals surface area contributed by atoms with Crippen LogP contribution < -0.4 is 5.32 Å². The van der Waals surface area contributed by atoms with E-state index < -0.39 is 31.8 Å². The molecule has 1 aliphatic heterocycles. The zero-order valence-corrected chi connectivity index (χ0v) is 16.6. The van der Waals surface area contributed by atoms with E-state index in [9.17, 15) is 21.6 Å². The van der Waals surface area contributed by atoms with Crippen LogP contribution in [0.5, 0.6) is 0 Å². The molecule has 1 aromatic rings. The lowest BCUT2D eigenvalue weighted by atomic mass is 10.2. The monoisotopic (exact) mass is 428 g/mol. The number of benzene rings is 1. The molecule has 1 fully saturated rings. The van der Waals surface area contributed by atoms with Crippen molar-refractivity contribution in [2.45, 2.75) is 18.2 Å². The molecule has 0 aliphatic carbocycles. The molecule has 7 nitrogen and oxygen atoms in total. The van der Waals surface area contributed by atoms with E-state index in [4.69, 9.17) is 23.2 Å². The molecular weight excluding hydrogens is 411 g/mol. The van der Waals surface area contributed by atoms with Crippen LogP contribution in [0, 0.1) is 0 Å². The summed E-state index contributed by atoms with van der Waals surface area (Å²) >= 11 is 11.7. The highest BCUT2D eigenvalue weighted by Gasteiger charge is 2.30. The molecule has 1 aromatic carbocycles. The van der Waals surface area contributed by atoms with E-state index in [2.05, 4.69) is 5.32 Å². The van der Waals surface area contributed by atoms with E-state index >= 15 is 0 Å². The summed E-state index contributed by atoms with van der Waals surface area (Å²) in [5.74, 6) is -0.949. The first-order valence-corrected chi connectivity index (χ1v) is 11.5. The molecule has 0 spiro atoms. The molecule has 0 saturated carbocycles. The van der Waals surface area contributed by atoms with Gasteiger partial charge in [0.15, 0.2) is 9.84 Å². The fourth-order valence-corrected chi connectivity index (χ4v) is 5.56. The molecule has 2 rings (SSSR count). The minimum atomic E-state index is -3.74. The molecule has 1 N–H and O–H groups in total. The Hall–Kier alpha value is -0.870. The van der Waals surface area contributed by atoms with Crippen LogP contribution >= 0.6 is 23.2 Å². The maximum atomic E-state index is 12.3. The molecule has 1 aliphatic rings. The highest BCUT2D eigenvalue weighted by molar-refractivity contribution is 7.91. The van der Waals surface area contributed by atoms with Crippen LogP contribution in [0.1, 0.15) is 12.0 Å². The molecule has 140 valence electrons. The number of hydrogen-bond acceptors (Lipinski definition) is 5. The first-order valence-electron chi connectivity index (χ1n) is 7.36. The molecule has 25 heavy (non-hydrogen) atoms.